The summed E-state index contributed by atoms with van der Waals surface area (Å²) in [6, 6.07) is 70.4. The predicted octanol–water partition coefficient (Wildman–Crippen LogP) is 13.9. The van der Waals surface area contributed by atoms with Gasteiger partial charge >= 0.3 is 0 Å². The van der Waals surface area contributed by atoms with Gasteiger partial charge in [0, 0.05) is 22.5 Å². The van der Waals surface area contributed by atoms with Crippen LogP contribution < -0.4 is 4.90 Å². The molecule has 1 atom stereocenters. The Morgan fingerprint density at radius 2 is 0.741 bits per heavy atom. The second kappa shape index (κ2) is 11.5. The van der Waals surface area contributed by atoms with E-state index in [1.807, 2.05) is 0 Å². The standard InChI is InChI=1S/C53H39N/c1-3-52(2)46-21-11-7-17-40(46)44-31-29-38(33-50(44)52)54(37-27-25-36(26-28-37)35-15-5-4-6-16-35)39-30-32-45-43-20-10-14-24-49(43)53(51(45)34-39)47-22-12-8-18-41(47)42-19-9-13-23-48(42)53/h4-34H,3H2,1-2H3. The van der Waals surface area contributed by atoms with Crippen LogP contribution >= 0.6 is 0 Å². The summed E-state index contributed by atoms with van der Waals surface area (Å²) >= 11 is 0. The molecule has 0 radical (unpaired) electrons. The highest BCUT2D eigenvalue weighted by molar-refractivity contribution is 5.96. The van der Waals surface area contributed by atoms with Crippen molar-refractivity contribution in [1.82, 2.24) is 0 Å². The van der Waals surface area contributed by atoms with Gasteiger partial charge in [-0.15, -0.1) is 0 Å². The van der Waals surface area contributed by atoms with E-state index in [0.29, 0.717) is 0 Å². The van der Waals surface area contributed by atoms with E-state index in [2.05, 4.69) is 207 Å². The lowest BCUT2D eigenvalue weighted by Gasteiger charge is -2.33. The first-order valence-electron chi connectivity index (χ1n) is 19.2. The van der Waals surface area contributed by atoms with Gasteiger partial charge in [0.1, 0.15) is 0 Å². The van der Waals surface area contributed by atoms with E-state index in [-0.39, 0.29) is 5.41 Å². The van der Waals surface area contributed by atoms with Crippen LogP contribution in [0.5, 0.6) is 0 Å². The third kappa shape index (κ3) is 4.10. The third-order valence-corrected chi connectivity index (χ3v) is 12.8. The highest BCUT2D eigenvalue weighted by Crippen LogP contribution is 2.63. The molecule has 0 saturated carbocycles. The van der Waals surface area contributed by atoms with Crippen LogP contribution in [-0.4, -0.2) is 0 Å². The smallest absolute Gasteiger partial charge is 0.0726 e. The number of rotatable bonds is 5. The van der Waals surface area contributed by atoms with Gasteiger partial charge in [0.2, 0.25) is 0 Å². The lowest BCUT2D eigenvalue weighted by molar-refractivity contribution is 0.564. The summed E-state index contributed by atoms with van der Waals surface area (Å²) in [6.07, 6.45) is 1.03. The Bertz CT molecular complexity index is 2710. The van der Waals surface area contributed by atoms with Gasteiger partial charge in [0.15, 0.2) is 0 Å². The zero-order chi connectivity index (χ0) is 36.0. The Kier molecular flexibility index (Phi) is 6.64. The molecule has 11 rings (SSSR count). The van der Waals surface area contributed by atoms with Crippen molar-refractivity contribution in [3.05, 3.63) is 221 Å². The van der Waals surface area contributed by atoms with Crippen LogP contribution in [0.3, 0.4) is 0 Å². The highest BCUT2D eigenvalue weighted by atomic mass is 15.1. The summed E-state index contributed by atoms with van der Waals surface area (Å²) in [6.45, 7) is 4.75. The molecule has 1 nitrogen and oxygen atoms in total. The van der Waals surface area contributed by atoms with E-state index in [0.717, 1.165) is 17.8 Å². The van der Waals surface area contributed by atoms with Crippen molar-refractivity contribution >= 4 is 17.1 Å². The van der Waals surface area contributed by atoms with Crippen LogP contribution in [0.2, 0.25) is 0 Å². The van der Waals surface area contributed by atoms with Crippen LogP contribution in [0.15, 0.2) is 188 Å². The molecular weight excluding hydrogens is 651 g/mol. The van der Waals surface area contributed by atoms with Crippen molar-refractivity contribution < 1.29 is 0 Å². The molecule has 256 valence electrons. The summed E-state index contributed by atoms with van der Waals surface area (Å²) < 4.78 is 0. The molecule has 0 saturated heterocycles. The second-order valence-electron chi connectivity index (χ2n) is 15.3. The van der Waals surface area contributed by atoms with Crippen LogP contribution in [0, 0.1) is 0 Å². The molecule has 0 aliphatic heterocycles. The lowest BCUT2D eigenvalue weighted by atomic mass is 9.70. The summed E-state index contributed by atoms with van der Waals surface area (Å²) in [4.78, 5) is 2.48. The van der Waals surface area contributed by atoms with Crippen LogP contribution in [0.25, 0.3) is 44.5 Å². The molecule has 0 heterocycles. The van der Waals surface area contributed by atoms with E-state index < -0.39 is 5.41 Å². The predicted molar refractivity (Wildman–Crippen MR) is 225 cm³/mol. The molecule has 0 fully saturated rings. The minimum atomic E-state index is -0.404. The Labute approximate surface area is 317 Å². The molecule has 3 aliphatic rings. The molecule has 1 heteroatoms. The van der Waals surface area contributed by atoms with Crippen LogP contribution in [0.1, 0.15) is 53.6 Å². The van der Waals surface area contributed by atoms with Gasteiger partial charge in [-0.2, -0.15) is 0 Å². The Morgan fingerprint density at radius 1 is 0.352 bits per heavy atom. The average Bonchev–Trinajstić information content (AvgIpc) is 3.81. The maximum Gasteiger partial charge on any atom is 0.0726 e. The van der Waals surface area contributed by atoms with E-state index in [4.69, 9.17) is 0 Å². The normalized spacial score (nSPS) is 16.3. The molecule has 0 aromatic heterocycles. The summed E-state index contributed by atoms with van der Waals surface area (Å²) in [5, 5.41) is 0. The van der Waals surface area contributed by atoms with Gasteiger partial charge in [-0.3, -0.25) is 0 Å². The molecular formula is C53H39N. The third-order valence-electron chi connectivity index (χ3n) is 12.8. The zero-order valence-corrected chi connectivity index (χ0v) is 30.6. The van der Waals surface area contributed by atoms with Crippen molar-refractivity contribution in [1.29, 1.82) is 0 Å². The monoisotopic (exact) mass is 689 g/mol. The number of anilines is 3. The topological polar surface area (TPSA) is 3.24 Å². The fourth-order valence-electron chi connectivity index (χ4n) is 10.2. The number of fused-ring (bicyclic) bond motifs is 13. The van der Waals surface area contributed by atoms with E-state index >= 15 is 0 Å². The maximum atomic E-state index is 2.50. The van der Waals surface area contributed by atoms with E-state index in [9.17, 15) is 0 Å². The number of hydrogen-bond donors (Lipinski definition) is 0. The van der Waals surface area contributed by atoms with Crippen molar-refractivity contribution in [3.8, 4) is 44.5 Å². The molecule has 0 amide bonds. The molecule has 1 spiro atoms. The van der Waals surface area contributed by atoms with Gasteiger partial charge in [0.25, 0.3) is 0 Å². The van der Waals surface area contributed by atoms with Gasteiger partial charge in [-0.25, -0.2) is 0 Å². The fraction of sp³-hybridized carbons (Fsp3) is 0.0943. The van der Waals surface area contributed by atoms with Crippen molar-refractivity contribution in [2.24, 2.45) is 0 Å². The van der Waals surface area contributed by atoms with Crippen LogP contribution in [-0.2, 0) is 10.8 Å². The highest BCUT2D eigenvalue weighted by Gasteiger charge is 2.51. The molecule has 3 aliphatic carbocycles. The van der Waals surface area contributed by atoms with Gasteiger partial charge in [-0.1, -0.05) is 166 Å². The van der Waals surface area contributed by atoms with Crippen molar-refractivity contribution in [2.75, 3.05) is 4.90 Å². The average molecular weight is 690 g/mol. The SMILES string of the molecule is CCC1(C)c2ccccc2-c2ccc(N(c3ccc(-c4ccccc4)cc3)c3ccc4c(c3)C3(c5ccccc5-c5ccccc53)c3ccccc3-4)cc21. The minimum Gasteiger partial charge on any atom is -0.310 e. The fourth-order valence-corrected chi connectivity index (χ4v) is 10.2. The van der Waals surface area contributed by atoms with Crippen molar-refractivity contribution in [3.63, 3.8) is 0 Å². The number of benzene rings is 8. The summed E-state index contributed by atoms with van der Waals surface area (Å²) in [5.41, 5.74) is 21.7. The Morgan fingerprint density at radius 3 is 1.28 bits per heavy atom. The molecule has 1 unspecified atom stereocenters. The van der Waals surface area contributed by atoms with Gasteiger partial charge in [-0.05, 0) is 121 Å². The first kappa shape index (κ1) is 31.1. The molecule has 0 bridgehead atoms. The van der Waals surface area contributed by atoms with Crippen molar-refractivity contribution in [2.45, 2.75) is 31.1 Å². The van der Waals surface area contributed by atoms with Gasteiger partial charge in [0.05, 0.1) is 5.41 Å². The number of nitrogens with zero attached hydrogens (tertiary/aromatic N) is 1. The Balaban J connectivity index is 1.15. The van der Waals surface area contributed by atoms with Gasteiger partial charge < -0.3 is 4.90 Å². The van der Waals surface area contributed by atoms with E-state index in [1.165, 1.54) is 83.6 Å². The summed E-state index contributed by atoms with van der Waals surface area (Å²) in [5.74, 6) is 0. The zero-order valence-electron chi connectivity index (χ0n) is 30.6. The van der Waals surface area contributed by atoms with Crippen LogP contribution in [0.4, 0.5) is 17.1 Å². The maximum absolute atomic E-state index is 2.50. The quantitative estimate of drug-likeness (QED) is 0.174. The molecule has 54 heavy (non-hydrogen) atoms. The molecule has 8 aromatic carbocycles. The minimum absolute atomic E-state index is 0.0638. The largest absolute Gasteiger partial charge is 0.310 e. The first-order chi connectivity index (χ1) is 26.6. The molecule has 0 N–H and O–H groups in total. The lowest BCUT2D eigenvalue weighted by Crippen LogP contribution is -2.26. The Hall–Kier alpha value is -6.44. The second-order valence-corrected chi connectivity index (χ2v) is 15.3. The first-order valence-corrected chi connectivity index (χ1v) is 19.2. The molecule has 8 aromatic rings. The summed E-state index contributed by atoms with van der Waals surface area (Å²) in [7, 11) is 0. The van der Waals surface area contributed by atoms with E-state index in [1.54, 1.807) is 0 Å². The number of hydrogen-bond acceptors (Lipinski definition) is 1.